The average Bonchev–Trinajstić information content (AvgIpc) is 3.18. The number of carboxylic acid groups (broad SMARTS) is 1. The van der Waals surface area contributed by atoms with E-state index in [1.165, 1.54) is 36.0 Å². The summed E-state index contributed by atoms with van der Waals surface area (Å²) >= 11 is 14.1. The zero-order chi connectivity index (χ0) is 23.0. The Morgan fingerprint density at radius 2 is 2.16 bits per heavy atom. The van der Waals surface area contributed by atoms with E-state index in [9.17, 15) is 19.5 Å². The number of nitrogens with zero attached hydrogens (tertiary/aromatic N) is 4. The number of nitrogens with one attached hydrogen (secondary N) is 1. The number of thioether (sulfide) groups is 1. The Morgan fingerprint density at radius 3 is 2.81 bits per heavy atom. The summed E-state index contributed by atoms with van der Waals surface area (Å²) in [5.41, 5.74) is 5.15. The lowest BCUT2D eigenvalue weighted by Crippen LogP contribution is -2.70. The van der Waals surface area contributed by atoms with E-state index in [4.69, 9.17) is 33.8 Å². The molecule has 166 valence electrons. The Balaban J connectivity index is 1.56. The first-order valence-electron chi connectivity index (χ1n) is 8.75. The van der Waals surface area contributed by atoms with E-state index >= 15 is 0 Å². The number of nitrogen functional groups attached to an aromatic ring is 1. The topological polar surface area (TPSA) is 160 Å². The molecule has 1 saturated heterocycles. The van der Waals surface area contributed by atoms with Crippen LogP contribution in [0.3, 0.4) is 0 Å². The predicted molar refractivity (Wildman–Crippen MR) is 119 cm³/mol. The molecule has 2 atom stereocenters. The van der Waals surface area contributed by atoms with Gasteiger partial charge in [0.05, 0.1) is 5.02 Å². The summed E-state index contributed by atoms with van der Waals surface area (Å²) in [7, 11) is 0. The van der Waals surface area contributed by atoms with E-state index in [1.54, 1.807) is 0 Å². The molecule has 0 spiro atoms. The van der Waals surface area contributed by atoms with Gasteiger partial charge in [-0.3, -0.25) is 14.5 Å². The predicted octanol–water partition coefficient (Wildman–Crippen LogP) is 1.58. The van der Waals surface area contributed by atoms with E-state index in [0.717, 1.165) is 16.4 Å². The highest BCUT2D eigenvalue weighted by atomic mass is 35.5. The van der Waals surface area contributed by atoms with Gasteiger partial charge in [-0.05, 0) is 24.3 Å². The van der Waals surface area contributed by atoms with Crippen LogP contribution in [0.25, 0.3) is 0 Å². The molecule has 15 heteroatoms. The van der Waals surface area contributed by atoms with Gasteiger partial charge < -0.3 is 21.0 Å². The number of rotatable bonds is 6. The largest absolute Gasteiger partial charge is 0.477 e. The van der Waals surface area contributed by atoms with Gasteiger partial charge in [0.1, 0.15) is 17.1 Å². The summed E-state index contributed by atoms with van der Waals surface area (Å²) in [4.78, 5) is 47.2. The molecule has 2 aliphatic heterocycles. The van der Waals surface area contributed by atoms with Gasteiger partial charge in [0.2, 0.25) is 11.5 Å². The second-order valence-corrected chi connectivity index (χ2v) is 9.12. The number of carbonyl (C=O) groups is 3. The fourth-order valence-corrected chi connectivity index (χ4v) is 4.98. The quantitative estimate of drug-likeness (QED) is 0.295. The number of halogens is 2. The van der Waals surface area contributed by atoms with Crippen molar-refractivity contribution >= 4 is 75.1 Å². The lowest BCUT2D eigenvalue weighted by atomic mass is 10.0. The molecule has 3 heterocycles. The van der Waals surface area contributed by atoms with E-state index < -0.39 is 29.2 Å². The second-order valence-electron chi connectivity index (χ2n) is 6.34. The van der Waals surface area contributed by atoms with Crippen LogP contribution in [0.2, 0.25) is 10.0 Å². The van der Waals surface area contributed by atoms with Crippen LogP contribution < -0.4 is 15.9 Å². The van der Waals surface area contributed by atoms with E-state index in [-0.39, 0.29) is 33.1 Å². The molecule has 0 aliphatic carbocycles. The van der Waals surface area contributed by atoms with Crippen molar-refractivity contribution < 1.29 is 24.3 Å². The zero-order valence-corrected chi connectivity index (χ0v) is 18.8. The number of hydrogen-bond donors (Lipinski definition) is 3. The lowest BCUT2D eigenvalue weighted by Gasteiger charge is -2.48. The third-order valence-corrected chi connectivity index (χ3v) is 6.61. The zero-order valence-electron chi connectivity index (χ0n) is 15.7. The Morgan fingerprint density at radius 1 is 1.38 bits per heavy atom. The molecule has 1 aromatic heterocycles. The molecule has 11 nitrogen and oxygen atoms in total. The van der Waals surface area contributed by atoms with Crippen molar-refractivity contribution in [2.24, 2.45) is 5.16 Å². The Bertz CT molecular complexity index is 1190. The van der Waals surface area contributed by atoms with Gasteiger partial charge in [-0.2, -0.15) is 9.36 Å². The molecule has 0 saturated carbocycles. The summed E-state index contributed by atoms with van der Waals surface area (Å²) in [6.07, 6.45) is 1.44. The van der Waals surface area contributed by atoms with Crippen molar-refractivity contribution in [3.63, 3.8) is 0 Å². The summed E-state index contributed by atoms with van der Waals surface area (Å²) in [6.45, 7) is 0. The minimum absolute atomic E-state index is 0.0926. The van der Waals surface area contributed by atoms with Gasteiger partial charge in [-0.15, -0.1) is 11.8 Å². The minimum atomic E-state index is -1.22. The van der Waals surface area contributed by atoms with Crippen LogP contribution in [0.1, 0.15) is 5.82 Å². The number of fused-ring (bicyclic) bond motifs is 1. The third kappa shape index (κ3) is 4.24. The Kier molecular flexibility index (Phi) is 6.24. The number of carboxylic acids is 1. The molecule has 4 rings (SSSR count). The normalized spacial score (nSPS) is 20.2. The second kappa shape index (κ2) is 8.94. The maximum absolute atomic E-state index is 12.9. The van der Waals surface area contributed by atoms with E-state index in [0.29, 0.717) is 10.8 Å². The van der Waals surface area contributed by atoms with Crippen LogP contribution in [-0.2, 0) is 14.4 Å². The summed E-state index contributed by atoms with van der Waals surface area (Å²) in [6, 6.07) is 3.45. The van der Waals surface area contributed by atoms with Crippen molar-refractivity contribution in [2.45, 2.75) is 11.4 Å². The number of anilines is 1. The van der Waals surface area contributed by atoms with Crippen molar-refractivity contribution in [2.75, 3.05) is 11.5 Å². The highest BCUT2D eigenvalue weighted by Gasteiger charge is 2.53. The van der Waals surface area contributed by atoms with Crippen LogP contribution in [0.5, 0.6) is 5.75 Å². The molecule has 1 unspecified atom stereocenters. The maximum atomic E-state index is 12.9. The van der Waals surface area contributed by atoms with Crippen molar-refractivity contribution in [3.8, 4) is 5.75 Å². The standard InChI is InChI=1S/C17H12Cl2N6O5S2/c18-6-1-2-9(7(19)5-6)30-23-10(12-22-17(20)32-24-12)13(26)21-11-14(27)25-8(16(28)29)3-4-31-15(11)25/h1-3,5,11,15H,4H2,(H,21,26)(H,28,29)(H2,20,22,24)/b23-10-/t11?,15-/m1/s1. The number of benzene rings is 1. The number of β-lactam (4-membered cyclic amide) rings is 1. The number of aromatic nitrogens is 2. The molecule has 1 fully saturated rings. The highest BCUT2D eigenvalue weighted by molar-refractivity contribution is 8.00. The fraction of sp³-hybridized carbons (Fsp3) is 0.176. The van der Waals surface area contributed by atoms with Crippen LogP contribution in [0, 0.1) is 0 Å². The Hall–Kier alpha value is -2.87. The van der Waals surface area contributed by atoms with Gasteiger partial charge in [0.15, 0.2) is 10.9 Å². The number of hydrogen-bond acceptors (Lipinski definition) is 10. The molecule has 2 aromatic rings. The molecule has 2 aliphatic rings. The lowest BCUT2D eigenvalue weighted by molar-refractivity contribution is -0.150. The van der Waals surface area contributed by atoms with Crippen molar-refractivity contribution in [1.29, 1.82) is 0 Å². The molecule has 32 heavy (non-hydrogen) atoms. The van der Waals surface area contributed by atoms with Crippen LogP contribution in [0.4, 0.5) is 5.13 Å². The summed E-state index contributed by atoms with van der Waals surface area (Å²) < 4.78 is 3.97. The monoisotopic (exact) mass is 514 g/mol. The fourth-order valence-electron chi connectivity index (χ4n) is 2.91. The molecule has 0 radical (unpaired) electrons. The average molecular weight is 515 g/mol. The van der Waals surface area contributed by atoms with E-state index in [1.807, 2.05) is 0 Å². The summed E-state index contributed by atoms with van der Waals surface area (Å²) in [5.74, 6) is -2.19. The van der Waals surface area contributed by atoms with Gasteiger partial charge in [-0.25, -0.2) is 4.79 Å². The van der Waals surface area contributed by atoms with Crippen molar-refractivity contribution in [1.82, 2.24) is 19.6 Å². The van der Waals surface area contributed by atoms with Gasteiger partial charge in [-0.1, -0.05) is 28.4 Å². The first-order valence-corrected chi connectivity index (χ1v) is 11.3. The van der Waals surface area contributed by atoms with Crippen molar-refractivity contribution in [3.05, 3.63) is 45.8 Å². The van der Waals surface area contributed by atoms with Crippen LogP contribution >= 0.6 is 46.5 Å². The minimum Gasteiger partial charge on any atom is -0.477 e. The summed E-state index contributed by atoms with van der Waals surface area (Å²) in [5, 5.41) is 15.7. The molecule has 2 amide bonds. The highest BCUT2D eigenvalue weighted by Crippen LogP contribution is 2.37. The first-order chi connectivity index (χ1) is 15.3. The number of aliphatic carboxylic acids is 1. The number of oxime groups is 1. The van der Waals surface area contributed by atoms with Crippen LogP contribution in [0.15, 0.2) is 35.1 Å². The third-order valence-electron chi connectivity index (χ3n) is 4.35. The number of amides is 2. The van der Waals surface area contributed by atoms with E-state index in [2.05, 4.69) is 19.8 Å². The number of nitrogens with two attached hydrogens (primary N) is 1. The SMILES string of the molecule is Nc1nc(/C(=N/Oc2ccc(Cl)cc2Cl)C(=O)NC2C(=O)N3C(C(=O)O)=CCS[C@H]23)ns1. The maximum Gasteiger partial charge on any atom is 0.352 e. The molecule has 1 aromatic carbocycles. The van der Waals surface area contributed by atoms with Gasteiger partial charge in [0.25, 0.3) is 11.8 Å². The number of carbonyl (C=O) groups excluding carboxylic acids is 2. The Labute approximate surface area is 198 Å². The molecule has 0 bridgehead atoms. The van der Waals surface area contributed by atoms with Crippen LogP contribution in [-0.4, -0.2) is 60.0 Å². The molecular formula is C17H12Cl2N6O5S2. The van der Waals surface area contributed by atoms with Gasteiger partial charge in [0, 0.05) is 22.3 Å². The first kappa shape index (κ1) is 22.3. The molecule has 4 N–H and O–H groups in total. The van der Waals surface area contributed by atoms with Gasteiger partial charge >= 0.3 is 5.97 Å². The molecular weight excluding hydrogens is 503 g/mol. The smallest absolute Gasteiger partial charge is 0.352 e.